The molecule has 2 nitrogen and oxygen atoms in total. The number of aliphatic hydroxyl groups excluding tert-OH is 2. The molecule has 3 rings (SSSR count). The molecule has 0 aromatic carbocycles. The van der Waals surface area contributed by atoms with Gasteiger partial charge in [-0.15, -0.1) is 0 Å². The van der Waals surface area contributed by atoms with Crippen molar-refractivity contribution in [3.63, 3.8) is 0 Å². The number of hydrogen-bond donors (Lipinski definition) is 2. The van der Waals surface area contributed by atoms with E-state index in [1.807, 2.05) is 6.08 Å². The first kappa shape index (κ1) is 24.5. The first-order valence-corrected chi connectivity index (χ1v) is 12.3. The number of aliphatic hydroxyl groups is 2. The summed E-state index contributed by atoms with van der Waals surface area (Å²) in [5, 5.41) is 20.0. The van der Waals surface area contributed by atoms with Crippen LogP contribution in [0.2, 0.25) is 0 Å². The van der Waals surface area contributed by atoms with E-state index in [2.05, 4.69) is 59.4 Å². The molecule has 0 saturated heterocycles. The van der Waals surface area contributed by atoms with Crippen LogP contribution in [0.25, 0.3) is 0 Å². The maximum Gasteiger partial charge on any atom is 0.156 e. The van der Waals surface area contributed by atoms with Crippen LogP contribution in [0.5, 0.6) is 0 Å². The smallest absolute Gasteiger partial charge is 0.156 e. The van der Waals surface area contributed by atoms with Crippen molar-refractivity contribution >= 4 is 0 Å². The minimum atomic E-state index is -1.64. The molecule has 0 amide bonds. The van der Waals surface area contributed by atoms with Gasteiger partial charge < -0.3 is 10.2 Å². The van der Waals surface area contributed by atoms with Gasteiger partial charge in [-0.25, -0.2) is 4.39 Å². The van der Waals surface area contributed by atoms with Crippen molar-refractivity contribution < 1.29 is 14.6 Å². The summed E-state index contributed by atoms with van der Waals surface area (Å²) in [6.07, 6.45) is 11.3. The van der Waals surface area contributed by atoms with E-state index >= 15 is 0 Å². The molecule has 0 spiro atoms. The van der Waals surface area contributed by atoms with Crippen LogP contribution in [0.1, 0.15) is 73.1 Å². The van der Waals surface area contributed by atoms with Gasteiger partial charge >= 0.3 is 0 Å². The lowest BCUT2D eigenvalue weighted by Gasteiger charge is -2.44. The van der Waals surface area contributed by atoms with Crippen molar-refractivity contribution in [1.29, 1.82) is 0 Å². The minimum absolute atomic E-state index is 0.223. The SMILES string of the molecule is C=C1/C(=C\C=C2/CCC[C@]3(C)[C@@H]([C@H](C)/C=C/[C@H](C)C(C)C)CC[C@@H]23)C[C@@H](O)[C@@H](F)C1O. The maximum atomic E-state index is 13.9. The van der Waals surface area contributed by atoms with Crippen molar-refractivity contribution in [3.05, 3.63) is 47.6 Å². The predicted molar refractivity (Wildman–Crippen MR) is 127 cm³/mol. The first-order valence-electron chi connectivity index (χ1n) is 12.3. The summed E-state index contributed by atoms with van der Waals surface area (Å²) in [7, 11) is 0. The molecule has 0 aromatic heterocycles. The van der Waals surface area contributed by atoms with E-state index < -0.39 is 18.4 Å². The Morgan fingerprint density at radius 3 is 2.48 bits per heavy atom. The summed E-state index contributed by atoms with van der Waals surface area (Å²) in [5.41, 5.74) is 2.99. The Hall–Kier alpha value is -1.19. The average Bonchev–Trinajstić information content (AvgIpc) is 3.09. The van der Waals surface area contributed by atoms with Gasteiger partial charge in [0.25, 0.3) is 0 Å². The lowest BCUT2D eigenvalue weighted by atomic mass is 9.61. The fourth-order valence-corrected chi connectivity index (χ4v) is 6.29. The third kappa shape index (κ3) is 4.93. The van der Waals surface area contributed by atoms with Gasteiger partial charge in [-0.05, 0) is 78.3 Å². The Labute approximate surface area is 189 Å². The highest BCUT2D eigenvalue weighted by Gasteiger charge is 2.50. The fourth-order valence-electron chi connectivity index (χ4n) is 6.29. The van der Waals surface area contributed by atoms with Gasteiger partial charge in [0.15, 0.2) is 6.17 Å². The monoisotopic (exact) mass is 430 g/mol. The molecule has 8 atom stereocenters. The zero-order valence-electron chi connectivity index (χ0n) is 20.2. The summed E-state index contributed by atoms with van der Waals surface area (Å²) >= 11 is 0. The van der Waals surface area contributed by atoms with Crippen LogP contribution in [-0.4, -0.2) is 28.6 Å². The molecule has 2 N–H and O–H groups in total. The second kappa shape index (κ2) is 9.75. The van der Waals surface area contributed by atoms with Crippen LogP contribution < -0.4 is 0 Å². The molecule has 1 unspecified atom stereocenters. The van der Waals surface area contributed by atoms with Crippen molar-refractivity contribution in [2.24, 2.45) is 35.0 Å². The zero-order chi connectivity index (χ0) is 22.9. The molecule has 3 aliphatic carbocycles. The van der Waals surface area contributed by atoms with Crippen LogP contribution in [0, 0.1) is 35.0 Å². The van der Waals surface area contributed by atoms with Crippen molar-refractivity contribution in [1.82, 2.24) is 0 Å². The zero-order valence-corrected chi connectivity index (χ0v) is 20.2. The van der Waals surface area contributed by atoms with E-state index in [9.17, 15) is 14.6 Å². The van der Waals surface area contributed by atoms with Crippen LogP contribution >= 0.6 is 0 Å². The molecular weight excluding hydrogens is 387 g/mol. The maximum absolute atomic E-state index is 13.9. The number of fused-ring (bicyclic) bond motifs is 1. The third-order valence-corrected chi connectivity index (χ3v) is 8.81. The molecule has 3 aliphatic rings. The fraction of sp³-hybridized carbons (Fsp3) is 0.714. The average molecular weight is 431 g/mol. The Balaban J connectivity index is 1.77. The molecule has 0 radical (unpaired) electrons. The van der Waals surface area contributed by atoms with E-state index in [1.165, 1.54) is 31.3 Å². The molecular formula is C28H43FO2. The number of hydrogen-bond acceptors (Lipinski definition) is 2. The van der Waals surface area contributed by atoms with Gasteiger partial charge in [-0.3, -0.25) is 0 Å². The second-order valence-electron chi connectivity index (χ2n) is 11.1. The molecule has 0 aliphatic heterocycles. The topological polar surface area (TPSA) is 40.5 Å². The van der Waals surface area contributed by atoms with E-state index in [-0.39, 0.29) is 6.42 Å². The lowest BCUT2D eigenvalue weighted by molar-refractivity contribution is -0.00417. The summed E-state index contributed by atoms with van der Waals surface area (Å²) in [6.45, 7) is 15.6. The molecule has 3 saturated carbocycles. The molecule has 0 bridgehead atoms. The number of rotatable bonds is 5. The van der Waals surface area contributed by atoms with Crippen LogP contribution in [0.15, 0.2) is 47.6 Å². The van der Waals surface area contributed by atoms with Gasteiger partial charge in [0, 0.05) is 6.42 Å². The highest BCUT2D eigenvalue weighted by molar-refractivity contribution is 5.40. The van der Waals surface area contributed by atoms with Crippen LogP contribution in [0.4, 0.5) is 4.39 Å². The van der Waals surface area contributed by atoms with Gasteiger partial charge in [-0.2, -0.15) is 0 Å². The quantitative estimate of drug-likeness (QED) is 0.485. The van der Waals surface area contributed by atoms with Gasteiger partial charge in [0.1, 0.15) is 6.10 Å². The predicted octanol–water partition coefficient (Wildman–Crippen LogP) is 6.56. The van der Waals surface area contributed by atoms with E-state index in [0.717, 1.165) is 12.0 Å². The normalized spacial score (nSPS) is 41.3. The third-order valence-electron chi connectivity index (χ3n) is 8.81. The van der Waals surface area contributed by atoms with E-state index in [0.29, 0.717) is 40.6 Å². The molecule has 174 valence electrons. The van der Waals surface area contributed by atoms with Gasteiger partial charge in [-0.1, -0.05) is 71.1 Å². The van der Waals surface area contributed by atoms with Crippen molar-refractivity contribution in [2.75, 3.05) is 0 Å². The summed E-state index contributed by atoms with van der Waals surface area (Å²) in [5.74, 6) is 3.15. The molecule has 3 fully saturated rings. The molecule has 0 heterocycles. The Morgan fingerprint density at radius 2 is 1.81 bits per heavy atom. The minimum Gasteiger partial charge on any atom is -0.390 e. The largest absolute Gasteiger partial charge is 0.390 e. The summed E-state index contributed by atoms with van der Waals surface area (Å²) in [4.78, 5) is 0. The van der Waals surface area contributed by atoms with Crippen molar-refractivity contribution in [2.45, 2.75) is 91.5 Å². The number of alkyl halides is 1. The molecule has 3 heteroatoms. The summed E-state index contributed by atoms with van der Waals surface area (Å²) in [6, 6.07) is 0. The highest BCUT2D eigenvalue weighted by Crippen LogP contribution is 2.59. The van der Waals surface area contributed by atoms with Gasteiger partial charge in [0.2, 0.25) is 0 Å². The Bertz CT molecular complexity index is 748. The standard InChI is InChI=1S/C28H43FO2/c1-17(2)18(3)9-10-19(4)23-13-14-24-21(8-7-15-28(23,24)6)11-12-22-16-25(30)26(29)27(31)20(22)5/h9-12,17-19,23-27,30-31H,5,7-8,13-16H2,1-4,6H3/b10-9+,21-11+,22-12-/t18-,19+,23+,24-,25+,26+,27?,28+/m0/s1. The number of halogens is 1. The Kier molecular flexibility index (Phi) is 7.69. The first-order chi connectivity index (χ1) is 14.6. The molecule has 31 heavy (non-hydrogen) atoms. The number of allylic oxidation sites excluding steroid dienone is 5. The highest BCUT2D eigenvalue weighted by atomic mass is 19.1. The van der Waals surface area contributed by atoms with Crippen LogP contribution in [-0.2, 0) is 0 Å². The van der Waals surface area contributed by atoms with Crippen LogP contribution in [0.3, 0.4) is 0 Å². The van der Waals surface area contributed by atoms with E-state index in [1.54, 1.807) is 0 Å². The van der Waals surface area contributed by atoms with Crippen molar-refractivity contribution in [3.8, 4) is 0 Å². The lowest BCUT2D eigenvalue weighted by Crippen LogP contribution is -2.40. The molecule has 0 aromatic rings. The van der Waals surface area contributed by atoms with E-state index in [4.69, 9.17) is 0 Å². The Morgan fingerprint density at radius 1 is 1.10 bits per heavy atom. The van der Waals surface area contributed by atoms with Gasteiger partial charge in [0.05, 0.1) is 6.10 Å². The summed E-state index contributed by atoms with van der Waals surface area (Å²) < 4.78 is 13.9. The second-order valence-corrected chi connectivity index (χ2v) is 11.1.